The average molecular weight is 151 g/mol. The molecule has 9 heavy (non-hydrogen) atoms. The summed E-state index contributed by atoms with van der Waals surface area (Å²) in [5.41, 5.74) is -0.236. The van der Waals surface area contributed by atoms with Gasteiger partial charge < -0.3 is 9.47 Å². The van der Waals surface area contributed by atoms with Crippen molar-refractivity contribution in [3.8, 4) is 0 Å². The van der Waals surface area contributed by atoms with E-state index >= 15 is 0 Å². The topological polar surface area (TPSA) is 18.5 Å². The van der Waals surface area contributed by atoms with Gasteiger partial charge in [-0.05, 0) is 6.92 Å². The fourth-order valence-electron chi connectivity index (χ4n) is 0.754. The van der Waals surface area contributed by atoms with Gasteiger partial charge in [0.15, 0.2) is 0 Å². The van der Waals surface area contributed by atoms with Gasteiger partial charge >= 0.3 is 0 Å². The van der Waals surface area contributed by atoms with Crippen LogP contribution in [0.3, 0.4) is 0 Å². The Morgan fingerprint density at radius 2 is 2.33 bits per heavy atom. The second-order valence-electron chi connectivity index (χ2n) is 2.48. The predicted octanol–water partition coefficient (Wildman–Crippen LogP) is 1.03. The van der Waals surface area contributed by atoms with E-state index in [1.54, 1.807) is 0 Å². The lowest BCUT2D eigenvalue weighted by molar-refractivity contribution is -0.135. The van der Waals surface area contributed by atoms with Crippen LogP contribution in [0.5, 0.6) is 0 Å². The maximum Gasteiger partial charge on any atom is 0.102 e. The summed E-state index contributed by atoms with van der Waals surface area (Å²) in [5, 5.41) is 0. The van der Waals surface area contributed by atoms with Crippen LogP contribution < -0.4 is 0 Å². The number of hydrogen-bond donors (Lipinski definition) is 0. The van der Waals surface area contributed by atoms with Gasteiger partial charge in [-0.3, -0.25) is 0 Å². The van der Waals surface area contributed by atoms with Crippen molar-refractivity contribution < 1.29 is 9.47 Å². The Bertz CT molecular complexity index is 89.1. The standard InChI is InChI=1S/C6H11ClO2/c1-6(4-7)5-8-2-3-9-6/h2-5H2,1H3. The van der Waals surface area contributed by atoms with E-state index < -0.39 is 0 Å². The molecule has 0 aromatic rings. The highest BCUT2D eigenvalue weighted by atomic mass is 35.5. The summed E-state index contributed by atoms with van der Waals surface area (Å²) in [4.78, 5) is 0. The fraction of sp³-hybridized carbons (Fsp3) is 1.00. The molecule has 0 aliphatic carbocycles. The Balaban J connectivity index is 2.37. The van der Waals surface area contributed by atoms with Crippen LogP contribution in [0, 0.1) is 0 Å². The molecule has 3 heteroatoms. The summed E-state index contributed by atoms with van der Waals surface area (Å²) < 4.78 is 10.5. The second kappa shape index (κ2) is 2.86. The Morgan fingerprint density at radius 1 is 1.56 bits per heavy atom. The molecule has 0 aromatic heterocycles. The van der Waals surface area contributed by atoms with E-state index in [1.807, 2.05) is 6.92 Å². The van der Waals surface area contributed by atoms with Gasteiger partial charge in [0.1, 0.15) is 5.60 Å². The molecule has 0 aromatic carbocycles. The Kier molecular flexibility index (Phi) is 2.33. The van der Waals surface area contributed by atoms with Crippen LogP contribution in [0.4, 0.5) is 0 Å². The first-order valence-corrected chi connectivity index (χ1v) is 3.58. The van der Waals surface area contributed by atoms with Gasteiger partial charge in [0.25, 0.3) is 0 Å². The van der Waals surface area contributed by atoms with Crippen molar-refractivity contribution in [3.05, 3.63) is 0 Å². The monoisotopic (exact) mass is 150 g/mol. The minimum atomic E-state index is -0.236. The first-order chi connectivity index (χ1) is 4.27. The van der Waals surface area contributed by atoms with E-state index in [0.717, 1.165) is 0 Å². The molecule has 1 rings (SSSR count). The minimum absolute atomic E-state index is 0.236. The lowest BCUT2D eigenvalue weighted by Crippen LogP contribution is -2.41. The molecule has 1 aliphatic heterocycles. The molecule has 0 radical (unpaired) electrons. The molecule has 0 saturated carbocycles. The number of alkyl halides is 1. The quantitative estimate of drug-likeness (QED) is 0.520. The SMILES string of the molecule is CC1(CCl)COCCO1. The van der Waals surface area contributed by atoms with Crippen molar-refractivity contribution >= 4 is 11.6 Å². The first kappa shape index (κ1) is 7.32. The molecular weight excluding hydrogens is 140 g/mol. The summed E-state index contributed by atoms with van der Waals surface area (Å²) in [5.74, 6) is 0.507. The lowest BCUT2D eigenvalue weighted by atomic mass is 10.1. The highest BCUT2D eigenvalue weighted by Crippen LogP contribution is 2.16. The van der Waals surface area contributed by atoms with Gasteiger partial charge in [-0.1, -0.05) is 0 Å². The van der Waals surface area contributed by atoms with Gasteiger partial charge in [-0.15, -0.1) is 11.6 Å². The van der Waals surface area contributed by atoms with E-state index in [0.29, 0.717) is 25.7 Å². The zero-order valence-electron chi connectivity index (χ0n) is 5.52. The summed E-state index contributed by atoms with van der Waals surface area (Å²) in [6.45, 7) is 3.95. The van der Waals surface area contributed by atoms with E-state index in [1.165, 1.54) is 0 Å². The highest BCUT2D eigenvalue weighted by Gasteiger charge is 2.27. The lowest BCUT2D eigenvalue weighted by Gasteiger charge is -2.31. The van der Waals surface area contributed by atoms with Crippen LogP contribution >= 0.6 is 11.6 Å². The Hall–Kier alpha value is 0.210. The predicted molar refractivity (Wildman–Crippen MR) is 35.9 cm³/mol. The molecular formula is C6H11ClO2. The van der Waals surface area contributed by atoms with Crippen LogP contribution in [0.2, 0.25) is 0 Å². The average Bonchev–Trinajstić information content (AvgIpc) is 1.90. The molecule has 1 atom stereocenters. The van der Waals surface area contributed by atoms with E-state index in [2.05, 4.69) is 0 Å². The normalized spacial score (nSPS) is 36.7. The van der Waals surface area contributed by atoms with Crippen LogP contribution in [0.1, 0.15) is 6.92 Å². The van der Waals surface area contributed by atoms with Crippen molar-refractivity contribution in [2.45, 2.75) is 12.5 Å². The molecule has 2 nitrogen and oxygen atoms in total. The molecule has 1 saturated heterocycles. The zero-order valence-corrected chi connectivity index (χ0v) is 6.28. The first-order valence-electron chi connectivity index (χ1n) is 3.04. The number of hydrogen-bond acceptors (Lipinski definition) is 2. The van der Waals surface area contributed by atoms with Gasteiger partial charge in [0.05, 0.1) is 25.7 Å². The maximum atomic E-state index is 5.62. The summed E-state index contributed by atoms with van der Waals surface area (Å²) >= 11 is 5.62. The molecule has 0 bridgehead atoms. The molecule has 1 fully saturated rings. The molecule has 0 spiro atoms. The largest absolute Gasteiger partial charge is 0.376 e. The van der Waals surface area contributed by atoms with Crippen molar-refractivity contribution in [1.29, 1.82) is 0 Å². The van der Waals surface area contributed by atoms with Gasteiger partial charge in [0.2, 0.25) is 0 Å². The number of halogens is 1. The van der Waals surface area contributed by atoms with Crippen LogP contribution in [-0.4, -0.2) is 31.3 Å². The van der Waals surface area contributed by atoms with Crippen molar-refractivity contribution in [3.63, 3.8) is 0 Å². The third kappa shape index (κ3) is 1.81. The second-order valence-corrected chi connectivity index (χ2v) is 2.75. The maximum absolute atomic E-state index is 5.62. The van der Waals surface area contributed by atoms with E-state index in [9.17, 15) is 0 Å². The van der Waals surface area contributed by atoms with Crippen LogP contribution in [0.15, 0.2) is 0 Å². The summed E-state index contributed by atoms with van der Waals surface area (Å²) in [6.07, 6.45) is 0. The summed E-state index contributed by atoms with van der Waals surface area (Å²) in [7, 11) is 0. The Morgan fingerprint density at radius 3 is 2.67 bits per heavy atom. The van der Waals surface area contributed by atoms with E-state index in [4.69, 9.17) is 21.1 Å². The molecule has 1 heterocycles. The fourth-order valence-corrected chi connectivity index (χ4v) is 0.908. The van der Waals surface area contributed by atoms with Crippen molar-refractivity contribution in [2.24, 2.45) is 0 Å². The van der Waals surface area contributed by atoms with Crippen LogP contribution in [0.25, 0.3) is 0 Å². The third-order valence-corrected chi connectivity index (χ3v) is 1.93. The minimum Gasteiger partial charge on any atom is -0.376 e. The van der Waals surface area contributed by atoms with Gasteiger partial charge in [0, 0.05) is 0 Å². The smallest absolute Gasteiger partial charge is 0.102 e. The molecule has 0 N–H and O–H groups in total. The zero-order chi connectivity index (χ0) is 6.74. The number of rotatable bonds is 1. The van der Waals surface area contributed by atoms with E-state index in [-0.39, 0.29) is 5.60 Å². The number of ether oxygens (including phenoxy) is 2. The van der Waals surface area contributed by atoms with Gasteiger partial charge in [-0.25, -0.2) is 0 Å². The summed E-state index contributed by atoms with van der Waals surface area (Å²) in [6, 6.07) is 0. The third-order valence-electron chi connectivity index (χ3n) is 1.37. The highest BCUT2D eigenvalue weighted by molar-refractivity contribution is 6.18. The molecule has 0 amide bonds. The van der Waals surface area contributed by atoms with Crippen molar-refractivity contribution in [2.75, 3.05) is 25.7 Å². The van der Waals surface area contributed by atoms with Crippen LogP contribution in [-0.2, 0) is 9.47 Å². The Labute approximate surface area is 60.1 Å². The van der Waals surface area contributed by atoms with Crippen molar-refractivity contribution in [1.82, 2.24) is 0 Å². The molecule has 54 valence electrons. The van der Waals surface area contributed by atoms with Gasteiger partial charge in [-0.2, -0.15) is 0 Å². The molecule has 1 aliphatic rings. The molecule has 1 unspecified atom stereocenters.